The van der Waals surface area contributed by atoms with Crippen molar-refractivity contribution in [3.8, 4) is 11.5 Å². The van der Waals surface area contributed by atoms with E-state index in [2.05, 4.69) is 0 Å². The molecular formula is C42H40NO7P. The number of rotatable bonds is 14. The Morgan fingerprint density at radius 1 is 0.765 bits per heavy atom. The first kappa shape index (κ1) is 35.4. The molecule has 1 aliphatic carbocycles. The molecule has 2 unspecified atom stereocenters. The van der Waals surface area contributed by atoms with Crippen LogP contribution in [-0.4, -0.2) is 32.4 Å². The molecule has 2 N–H and O–H groups in total. The van der Waals surface area contributed by atoms with Crippen LogP contribution in [-0.2, 0) is 23.4 Å². The highest BCUT2D eigenvalue weighted by molar-refractivity contribution is 7.74. The van der Waals surface area contributed by atoms with Crippen LogP contribution in [0.25, 0.3) is 0 Å². The summed E-state index contributed by atoms with van der Waals surface area (Å²) < 4.78 is 45.2. The van der Waals surface area contributed by atoms with E-state index in [9.17, 15) is 4.79 Å². The molecule has 260 valence electrons. The summed E-state index contributed by atoms with van der Waals surface area (Å²) in [5.74, 6) is 0.978. The number of nitrogens with two attached hydrogens (primary N) is 1. The van der Waals surface area contributed by atoms with Crippen LogP contribution in [0.4, 0.5) is 0 Å². The highest BCUT2D eigenvalue weighted by Crippen LogP contribution is 2.54. The van der Waals surface area contributed by atoms with Crippen molar-refractivity contribution in [2.45, 2.75) is 24.2 Å². The summed E-state index contributed by atoms with van der Waals surface area (Å²) in [5.41, 5.74) is 8.10. The minimum atomic E-state index is -3.74. The molecule has 0 spiro atoms. The zero-order chi connectivity index (χ0) is 35.7. The first-order valence-corrected chi connectivity index (χ1v) is 18.2. The molecule has 0 radical (unpaired) electrons. The van der Waals surface area contributed by atoms with Gasteiger partial charge in [-0.25, -0.2) is 4.79 Å². The standard InChI is InChI=1S/C42H40NO7P/c1-46-34-23-24-37(38(29-34)47-2)41(43)42(50-51(45,35-19-11-5-12-20-35)36-21-13-6-14-22-36)27-25-33(26-28-42)48-30-39(44)49-40(31-15-7-3-8-16-31)32-17-9-4-10-18-32/h3-27,29,40-41H,28,30,43H2,1-2H3. The fraction of sp³-hybridized carbons (Fsp3) is 0.167. The molecule has 0 fully saturated rings. The topological polar surface area (TPSA) is 106 Å². The smallest absolute Gasteiger partial charge is 0.345 e. The van der Waals surface area contributed by atoms with Gasteiger partial charge in [0.15, 0.2) is 12.7 Å². The largest absolute Gasteiger partial charge is 0.497 e. The van der Waals surface area contributed by atoms with Gasteiger partial charge in [0.05, 0.1) is 20.3 Å². The van der Waals surface area contributed by atoms with E-state index in [1.165, 1.54) is 0 Å². The number of hydrogen-bond acceptors (Lipinski definition) is 8. The van der Waals surface area contributed by atoms with E-state index in [4.69, 9.17) is 29.2 Å². The monoisotopic (exact) mass is 701 g/mol. The highest BCUT2D eigenvalue weighted by Gasteiger charge is 2.46. The van der Waals surface area contributed by atoms with Crippen LogP contribution < -0.4 is 25.8 Å². The molecule has 5 aromatic carbocycles. The molecule has 2 atom stereocenters. The minimum Gasteiger partial charge on any atom is -0.497 e. The summed E-state index contributed by atoms with van der Waals surface area (Å²) in [6, 6.07) is 41.8. The molecule has 1 aliphatic rings. The number of ether oxygens (including phenoxy) is 4. The van der Waals surface area contributed by atoms with Crippen molar-refractivity contribution < 1.29 is 32.8 Å². The van der Waals surface area contributed by atoms with Crippen molar-refractivity contribution in [3.63, 3.8) is 0 Å². The number of esters is 1. The van der Waals surface area contributed by atoms with E-state index in [-0.39, 0.29) is 13.0 Å². The minimum absolute atomic E-state index is 0.171. The van der Waals surface area contributed by atoms with Gasteiger partial charge in [0.1, 0.15) is 22.9 Å². The molecular weight excluding hydrogens is 661 g/mol. The van der Waals surface area contributed by atoms with E-state index in [0.717, 1.165) is 11.1 Å². The average molecular weight is 702 g/mol. The van der Waals surface area contributed by atoms with Crippen LogP contribution >= 0.6 is 7.37 Å². The van der Waals surface area contributed by atoms with E-state index < -0.39 is 31.1 Å². The van der Waals surface area contributed by atoms with Crippen LogP contribution in [0.1, 0.15) is 35.3 Å². The molecule has 0 saturated heterocycles. The maximum absolute atomic E-state index is 15.2. The van der Waals surface area contributed by atoms with Gasteiger partial charge in [-0.1, -0.05) is 97.1 Å². The Hall–Kier alpha value is -5.40. The molecule has 6 rings (SSSR count). The van der Waals surface area contributed by atoms with Gasteiger partial charge in [-0.05, 0) is 65.8 Å². The van der Waals surface area contributed by atoms with Crippen LogP contribution in [0.5, 0.6) is 11.5 Å². The van der Waals surface area contributed by atoms with Gasteiger partial charge in [0.25, 0.3) is 7.37 Å². The van der Waals surface area contributed by atoms with Gasteiger partial charge in [-0.2, -0.15) is 0 Å². The maximum Gasteiger partial charge on any atom is 0.345 e. The van der Waals surface area contributed by atoms with Crippen molar-refractivity contribution in [1.82, 2.24) is 0 Å². The molecule has 0 saturated carbocycles. The summed E-state index contributed by atoms with van der Waals surface area (Å²) in [5, 5.41) is 1.05. The van der Waals surface area contributed by atoms with Gasteiger partial charge in [-0.15, -0.1) is 0 Å². The Kier molecular flexibility index (Phi) is 11.2. The van der Waals surface area contributed by atoms with Crippen LogP contribution in [0.2, 0.25) is 0 Å². The molecule has 0 heterocycles. The number of benzene rings is 5. The van der Waals surface area contributed by atoms with Gasteiger partial charge >= 0.3 is 5.97 Å². The van der Waals surface area contributed by atoms with Gasteiger partial charge in [-0.3, -0.25) is 4.57 Å². The number of methoxy groups -OCH3 is 2. The quantitative estimate of drug-likeness (QED) is 0.0934. The molecule has 8 nitrogen and oxygen atoms in total. The zero-order valence-electron chi connectivity index (χ0n) is 28.5. The summed E-state index contributed by atoms with van der Waals surface area (Å²) in [4.78, 5) is 13.2. The Balaban J connectivity index is 1.29. The van der Waals surface area contributed by atoms with E-state index >= 15 is 4.57 Å². The van der Waals surface area contributed by atoms with Crippen molar-refractivity contribution in [3.05, 3.63) is 180 Å². The van der Waals surface area contributed by atoms with Gasteiger partial charge in [0, 0.05) is 28.7 Å². The van der Waals surface area contributed by atoms with Crippen molar-refractivity contribution >= 4 is 23.9 Å². The predicted molar refractivity (Wildman–Crippen MR) is 199 cm³/mol. The van der Waals surface area contributed by atoms with E-state index in [1.807, 2.05) is 103 Å². The third-order valence-corrected chi connectivity index (χ3v) is 11.3. The third kappa shape index (κ3) is 8.00. The Morgan fingerprint density at radius 3 is 1.80 bits per heavy atom. The zero-order valence-corrected chi connectivity index (χ0v) is 29.4. The van der Waals surface area contributed by atoms with Crippen LogP contribution in [0, 0.1) is 0 Å². The van der Waals surface area contributed by atoms with E-state index in [0.29, 0.717) is 33.4 Å². The summed E-state index contributed by atoms with van der Waals surface area (Å²) in [7, 11) is -0.609. The van der Waals surface area contributed by atoms with Crippen molar-refractivity contribution in [2.75, 3.05) is 20.8 Å². The third-order valence-electron chi connectivity index (χ3n) is 8.76. The lowest BCUT2D eigenvalue weighted by atomic mass is 9.83. The second kappa shape index (κ2) is 16.1. The average Bonchev–Trinajstić information content (AvgIpc) is 3.20. The summed E-state index contributed by atoms with van der Waals surface area (Å²) in [6.07, 6.45) is 4.82. The number of hydrogen-bond donors (Lipinski definition) is 1. The lowest BCUT2D eigenvalue weighted by Gasteiger charge is -2.40. The van der Waals surface area contributed by atoms with Gasteiger partial charge in [0.2, 0.25) is 0 Å². The van der Waals surface area contributed by atoms with Crippen molar-refractivity contribution in [2.24, 2.45) is 5.73 Å². The Labute approximate surface area is 298 Å². The highest BCUT2D eigenvalue weighted by atomic mass is 31.2. The lowest BCUT2D eigenvalue weighted by Crippen LogP contribution is -2.44. The molecule has 9 heteroatoms. The molecule has 0 amide bonds. The Morgan fingerprint density at radius 2 is 1.31 bits per heavy atom. The molecule has 0 aliphatic heterocycles. The molecule has 0 aromatic heterocycles. The van der Waals surface area contributed by atoms with Crippen molar-refractivity contribution in [1.29, 1.82) is 0 Å². The number of carbonyl (C=O) groups excluding carboxylic acids is 1. The first-order chi connectivity index (χ1) is 24.8. The predicted octanol–water partition coefficient (Wildman–Crippen LogP) is 7.58. The molecule has 5 aromatic rings. The van der Waals surface area contributed by atoms with Crippen LogP contribution in [0.3, 0.4) is 0 Å². The SMILES string of the molecule is COc1ccc(C(N)C2(OP(=O)(c3ccccc3)c3ccccc3)C=CC(OCC(=O)OC(c3ccccc3)c3ccccc3)=CC2)c(OC)c1. The van der Waals surface area contributed by atoms with Crippen LogP contribution in [0.15, 0.2) is 164 Å². The first-order valence-electron chi connectivity index (χ1n) is 16.6. The normalized spacial score (nSPS) is 16.2. The summed E-state index contributed by atoms with van der Waals surface area (Å²) >= 11 is 0. The van der Waals surface area contributed by atoms with Gasteiger partial charge < -0.3 is 29.2 Å². The Bertz CT molecular complexity index is 1940. The second-order valence-corrected chi connectivity index (χ2v) is 14.3. The second-order valence-electron chi connectivity index (χ2n) is 12.0. The number of carbonyl (C=O) groups is 1. The number of allylic oxidation sites excluding steroid dienone is 1. The lowest BCUT2D eigenvalue weighted by molar-refractivity contribution is -0.151. The molecule has 0 bridgehead atoms. The molecule has 51 heavy (non-hydrogen) atoms. The fourth-order valence-electron chi connectivity index (χ4n) is 6.05. The summed E-state index contributed by atoms with van der Waals surface area (Å²) in [6.45, 7) is -0.328. The fourth-order valence-corrected chi connectivity index (χ4v) is 8.42. The van der Waals surface area contributed by atoms with E-state index in [1.54, 1.807) is 68.8 Å². The maximum atomic E-state index is 15.2.